The molecule has 5 nitrogen and oxygen atoms in total. The van der Waals surface area contributed by atoms with Crippen molar-refractivity contribution in [2.24, 2.45) is 11.8 Å². The van der Waals surface area contributed by atoms with Crippen LogP contribution in [0.1, 0.15) is 32.6 Å². The molecule has 1 aliphatic carbocycles. The number of carboxylic acid groups (broad SMARTS) is 1. The number of ether oxygens (including phenoxy) is 1. The molecule has 17 heavy (non-hydrogen) atoms. The number of carbonyl (C=O) groups is 2. The Hall–Kier alpha value is -1.36. The van der Waals surface area contributed by atoms with Gasteiger partial charge in [-0.05, 0) is 12.8 Å². The molecule has 0 aromatic heterocycles. The summed E-state index contributed by atoms with van der Waals surface area (Å²) in [5, 5.41) is 18.4. The Kier molecular flexibility index (Phi) is 5.15. The molecule has 0 spiro atoms. The molecular formula is C12H18O5. The summed E-state index contributed by atoms with van der Waals surface area (Å²) in [6, 6.07) is 0. The summed E-state index contributed by atoms with van der Waals surface area (Å²) in [5.41, 5.74) is 0. The highest BCUT2D eigenvalue weighted by atomic mass is 16.6. The molecule has 0 fully saturated rings. The lowest BCUT2D eigenvalue weighted by molar-refractivity contribution is -0.176. The van der Waals surface area contributed by atoms with E-state index < -0.39 is 30.1 Å². The maximum absolute atomic E-state index is 11.7. The maximum Gasteiger partial charge on any atom is 0.315 e. The van der Waals surface area contributed by atoms with E-state index in [9.17, 15) is 14.7 Å². The second kappa shape index (κ2) is 6.39. The zero-order chi connectivity index (χ0) is 12.8. The maximum atomic E-state index is 11.7. The van der Waals surface area contributed by atoms with Crippen molar-refractivity contribution in [3.05, 3.63) is 12.2 Å². The first-order valence-corrected chi connectivity index (χ1v) is 5.84. The lowest BCUT2D eigenvalue weighted by Gasteiger charge is -2.23. The number of rotatable bonds is 5. The Labute approximate surface area is 100 Å². The second-order valence-corrected chi connectivity index (χ2v) is 4.16. The first-order valence-electron chi connectivity index (χ1n) is 5.84. The van der Waals surface area contributed by atoms with Gasteiger partial charge in [0, 0.05) is 6.42 Å². The fourth-order valence-electron chi connectivity index (χ4n) is 1.87. The van der Waals surface area contributed by atoms with Crippen LogP contribution in [-0.4, -0.2) is 28.4 Å². The van der Waals surface area contributed by atoms with E-state index in [1.807, 2.05) is 6.92 Å². The number of carboxylic acids is 1. The van der Waals surface area contributed by atoms with Crippen LogP contribution in [0.15, 0.2) is 12.2 Å². The summed E-state index contributed by atoms with van der Waals surface area (Å²) in [5.74, 6) is -3.19. The predicted molar refractivity (Wildman–Crippen MR) is 60.0 cm³/mol. The third kappa shape index (κ3) is 3.85. The SMILES string of the molecule is CCCC(O)OC(=O)C1C=CCCC1C(=O)O. The van der Waals surface area contributed by atoms with Gasteiger partial charge in [-0.25, -0.2) is 0 Å². The van der Waals surface area contributed by atoms with Gasteiger partial charge in [-0.15, -0.1) is 0 Å². The van der Waals surface area contributed by atoms with Gasteiger partial charge in [0.1, 0.15) is 0 Å². The van der Waals surface area contributed by atoms with Gasteiger partial charge >= 0.3 is 11.9 Å². The van der Waals surface area contributed by atoms with Crippen molar-refractivity contribution in [1.82, 2.24) is 0 Å². The molecule has 1 rings (SSSR count). The summed E-state index contributed by atoms with van der Waals surface area (Å²) in [7, 11) is 0. The number of carbonyl (C=O) groups excluding carboxylic acids is 1. The summed E-state index contributed by atoms with van der Waals surface area (Å²) in [6.45, 7) is 1.86. The van der Waals surface area contributed by atoms with Gasteiger partial charge in [-0.1, -0.05) is 25.5 Å². The number of allylic oxidation sites excluding steroid dienone is 1. The highest BCUT2D eigenvalue weighted by Gasteiger charge is 2.35. The van der Waals surface area contributed by atoms with Crippen molar-refractivity contribution in [3.8, 4) is 0 Å². The molecule has 0 saturated carbocycles. The monoisotopic (exact) mass is 242 g/mol. The highest BCUT2D eigenvalue weighted by Crippen LogP contribution is 2.26. The zero-order valence-electron chi connectivity index (χ0n) is 9.83. The highest BCUT2D eigenvalue weighted by molar-refractivity contribution is 5.83. The van der Waals surface area contributed by atoms with E-state index in [1.54, 1.807) is 12.2 Å². The van der Waals surface area contributed by atoms with Crippen LogP contribution in [0.5, 0.6) is 0 Å². The van der Waals surface area contributed by atoms with Crippen molar-refractivity contribution in [2.45, 2.75) is 38.9 Å². The van der Waals surface area contributed by atoms with E-state index in [1.165, 1.54) is 0 Å². The Morgan fingerprint density at radius 3 is 2.82 bits per heavy atom. The minimum Gasteiger partial charge on any atom is -0.481 e. The average molecular weight is 242 g/mol. The Bertz CT molecular complexity index is 310. The Morgan fingerprint density at radius 2 is 2.24 bits per heavy atom. The molecule has 0 aromatic rings. The molecule has 5 heteroatoms. The summed E-state index contributed by atoms with van der Waals surface area (Å²) < 4.78 is 4.81. The molecule has 96 valence electrons. The number of aliphatic hydroxyl groups is 1. The van der Waals surface area contributed by atoms with Crippen LogP contribution in [0.4, 0.5) is 0 Å². The van der Waals surface area contributed by atoms with Crippen molar-refractivity contribution >= 4 is 11.9 Å². The Balaban J connectivity index is 2.62. The van der Waals surface area contributed by atoms with Gasteiger partial charge < -0.3 is 14.9 Å². The summed E-state index contributed by atoms with van der Waals surface area (Å²) >= 11 is 0. The number of aliphatic hydroxyl groups excluding tert-OH is 1. The fourth-order valence-corrected chi connectivity index (χ4v) is 1.87. The summed E-state index contributed by atoms with van der Waals surface area (Å²) in [6.07, 6.45) is 4.32. The van der Waals surface area contributed by atoms with Crippen molar-refractivity contribution < 1.29 is 24.5 Å². The van der Waals surface area contributed by atoms with E-state index in [4.69, 9.17) is 9.84 Å². The smallest absolute Gasteiger partial charge is 0.315 e. The second-order valence-electron chi connectivity index (χ2n) is 4.16. The molecule has 0 radical (unpaired) electrons. The summed E-state index contributed by atoms with van der Waals surface area (Å²) in [4.78, 5) is 22.7. The Morgan fingerprint density at radius 1 is 1.53 bits per heavy atom. The van der Waals surface area contributed by atoms with E-state index in [0.29, 0.717) is 25.7 Å². The minimum atomic E-state index is -1.14. The minimum absolute atomic E-state index is 0.361. The third-order valence-corrected chi connectivity index (χ3v) is 2.80. The number of aliphatic carboxylic acids is 1. The molecule has 0 amide bonds. The normalized spacial score (nSPS) is 25.3. The molecule has 1 aliphatic rings. The standard InChI is InChI=1S/C12H18O5/c1-2-5-10(13)17-12(16)9-7-4-3-6-8(9)11(14)15/h4,7-10,13H,2-3,5-6H2,1H3,(H,14,15). The van der Waals surface area contributed by atoms with Gasteiger partial charge in [0.05, 0.1) is 11.8 Å². The van der Waals surface area contributed by atoms with Crippen molar-refractivity contribution in [2.75, 3.05) is 0 Å². The van der Waals surface area contributed by atoms with E-state index in [2.05, 4.69) is 0 Å². The molecule has 0 saturated heterocycles. The molecule has 2 N–H and O–H groups in total. The fraction of sp³-hybridized carbons (Fsp3) is 0.667. The number of hydrogen-bond donors (Lipinski definition) is 2. The lowest BCUT2D eigenvalue weighted by Crippen LogP contribution is -2.33. The van der Waals surface area contributed by atoms with Gasteiger partial charge in [0.25, 0.3) is 0 Å². The number of hydrogen-bond acceptors (Lipinski definition) is 4. The molecule has 0 aliphatic heterocycles. The van der Waals surface area contributed by atoms with Gasteiger partial charge in [0.2, 0.25) is 6.29 Å². The molecule has 0 heterocycles. The largest absolute Gasteiger partial charge is 0.481 e. The first-order chi connectivity index (χ1) is 8.06. The van der Waals surface area contributed by atoms with Crippen LogP contribution >= 0.6 is 0 Å². The number of esters is 1. The first kappa shape index (κ1) is 13.7. The van der Waals surface area contributed by atoms with Crippen LogP contribution in [0, 0.1) is 11.8 Å². The third-order valence-electron chi connectivity index (χ3n) is 2.80. The lowest BCUT2D eigenvalue weighted by atomic mass is 9.84. The van der Waals surface area contributed by atoms with Crippen molar-refractivity contribution in [1.29, 1.82) is 0 Å². The van der Waals surface area contributed by atoms with E-state index >= 15 is 0 Å². The van der Waals surface area contributed by atoms with Crippen LogP contribution in [0.2, 0.25) is 0 Å². The van der Waals surface area contributed by atoms with Crippen LogP contribution in [0.25, 0.3) is 0 Å². The van der Waals surface area contributed by atoms with Crippen molar-refractivity contribution in [3.63, 3.8) is 0 Å². The van der Waals surface area contributed by atoms with Gasteiger partial charge in [0.15, 0.2) is 0 Å². The van der Waals surface area contributed by atoms with E-state index in [-0.39, 0.29) is 0 Å². The molecular weight excluding hydrogens is 224 g/mol. The van der Waals surface area contributed by atoms with Crippen LogP contribution in [-0.2, 0) is 14.3 Å². The van der Waals surface area contributed by atoms with Crippen LogP contribution in [0.3, 0.4) is 0 Å². The topological polar surface area (TPSA) is 83.8 Å². The average Bonchev–Trinajstić information content (AvgIpc) is 2.29. The predicted octanol–water partition coefficient (Wildman–Crippen LogP) is 1.32. The van der Waals surface area contributed by atoms with Gasteiger partial charge in [-0.2, -0.15) is 0 Å². The van der Waals surface area contributed by atoms with Crippen LogP contribution < -0.4 is 0 Å². The quantitative estimate of drug-likeness (QED) is 0.431. The molecule has 3 unspecified atom stereocenters. The molecule has 3 atom stereocenters. The van der Waals surface area contributed by atoms with Gasteiger partial charge in [-0.3, -0.25) is 9.59 Å². The zero-order valence-corrected chi connectivity index (χ0v) is 9.83. The van der Waals surface area contributed by atoms with E-state index in [0.717, 1.165) is 0 Å². The molecule has 0 bridgehead atoms. The molecule has 0 aromatic carbocycles.